The lowest BCUT2D eigenvalue weighted by atomic mass is 9.94. The molecule has 4 rings (SSSR count). The summed E-state index contributed by atoms with van der Waals surface area (Å²) in [5, 5.41) is 11.6. The summed E-state index contributed by atoms with van der Waals surface area (Å²) in [4.78, 5) is 30.3. The highest BCUT2D eigenvalue weighted by atomic mass is 35.5. The number of ketones is 1. The summed E-state index contributed by atoms with van der Waals surface area (Å²) < 4.78 is 21.7. The number of methoxy groups -OCH3 is 3. The first-order valence-electron chi connectivity index (χ1n) is 11.5. The number of halogens is 1. The van der Waals surface area contributed by atoms with Crippen LogP contribution in [0, 0.1) is 0 Å². The van der Waals surface area contributed by atoms with E-state index in [-0.39, 0.29) is 22.9 Å². The van der Waals surface area contributed by atoms with Crippen molar-refractivity contribution in [3.63, 3.8) is 0 Å². The number of aliphatic hydroxyl groups is 1. The van der Waals surface area contributed by atoms with Crippen molar-refractivity contribution in [2.45, 2.75) is 6.04 Å². The first kappa shape index (κ1) is 25.8. The summed E-state index contributed by atoms with van der Waals surface area (Å²) in [6.45, 7) is 3.53. The third-order valence-corrected chi connectivity index (χ3v) is 6.75. The van der Waals surface area contributed by atoms with E-state index in [1.807, 2.05) is 0 Å². The Balaban J connectivity index is 1.83. The Hall–Kier alpha value is -3.27. The molecule has 192 valence electrons. The first-order valence-corrected chi connectivity index (χ1v) is 11.9. The van der Waals surface area contributed by atoms with Crippen molar-refractivity contribution in [3.05, 3.63) is 58.1 Å². The molecule has 10 heteroatoms. The van der Waals surface area contributed by atoms with Crippen LogP contribution < -0.4 is 14.2 Å². The van der Waals surface area contributed by atoms with Gasteiger partial charge in [-0.3, -0.25) is 14.5 Å². The Labute approximate surface area is 214 Å². The molecule has 1 amide bonds. The number of morpholine rings is 1. The molecule has 9 nitrogen and oxygen atoms in total. The first-order chi connectivity index (χ1) is 17.4. The largest absolute Gasteiger partial charge is 0.507 e. The molecule has 2 fully saturated rings. The van der Waals surface area contributed by atoms with Crippen molar-refractivity contribution < 1.29 is 33.6 Å². The second-order valence-electron chi connectivity index (χ2n) is 8.38. The van der Waals surface area contributed by atoms with E-state index in [9.17, 15) is 14.7 Å². The molecule has 0 spiro atoms. The second-order valence-corrected chi connectivity index (χ2v) is 8.79. The van der Waals surface area contributed by atoms with Crippen LogP contribution in [0.25, 0.3) is 5.76 Å². The molecule has 0 aliphatic carbocycles. The van der Waals surface area contributed by atoms with E-state index in [4.69, 9.17) is 30.5 Å². The van der Waals surface area contributed by atoms with Gasteiger partial charge in [0.1, 0.15) is 11.5 Å². The minimum atomic E-state index is -0.892. The Bertz CT molecular complexity index is 1180. The predicted molar refractivity (Wildman–Crippen MR) is 134 cm³/mol. The van der Waals surface area contributed by atoms with Crippen molar-refractivity contribution in [1.29, 1.82) is 0 Å². The number of hydrogen-bond donors (Lipinski definition) is 1. The molecule has 2 aromatic rings. The van der Waals surface area contributed by atoms with Gasteiger partial charge < -0.3 is 29.0 Å². The number of benzene rings is 2. The van der Waals surface area contributed by atoms with Crippen LogP contribution in [0.4, 0.5) is 0 Å². The molecule has 36 heavy (non-hydrogen) atoms. The number of likely N-dealkylation sites (tertiary alicyclic amines) is 1. The van der Waals surface area contributed by atoms with Crippen molar-refractivity contribution in [1.82, 2.24) is 9.80 Å². The lowest BCUT2D eigenvalue weighted by Gasteiger charge is -2.31. The number of carbonyl (C=O) groups excluding carboxylic acids is 2. The zero-order valence-corrected chi connectivity index (χ0v) is 21.2. The van der Waals surface area contributed by atoms with Crippen LogP contribution in [0.2, 0.25) is 5.02 Å². The zero-order chi connectivity index (χ0) is 25.8. The molecular weight excluding hydrogens is 488 g/mol. The standard InChI is InChI=1S/C26H29ClN2O7/c1-33-19-8-7-16(15-18(19)27)23(30)21-22(17-5-4-6-20(34-2)25(17)35-3)29(26(32)24(21)31)10-9-28-11-13-36-14-12-28/h4-8,15,22,30H,9-14H2,1-3H3/b23-21+/t22-/m0/s1. The van der Waals surface area contributed by atoms with Gasteiger partial charge in [-0.25, -0.2) is 0 Å². The smallest absolute Gasteiger partial charge is 0.295 e. The van der Waals surface area contributed by atoms with Crippen molar-refractivity contribution in [3.8, 4) is 17.2 Å². The fourth-order valence-corrected chi connectivity index (χ4v) is 4.86. The molecule has 2 heterocycles. The molecule has 2 aliphatic rings. The number of Topliss-reactive ketones (excluding diaryl/α,β-unsaturated/α-hetero) is 1. The van der Waals surface area contributed by atoms with Gasteiger partial charge in [0, 0.05) is 37.3 Å². The number of carbonyl (C=O) groups is 2. The fraction of sp³-hybridized carbons (Fsp3) is 0.385. The van der Waals surface area contributed by atoms with E-state index >= 15 is 0 Å². The quantitative estimate of drug-likeness (QED) is 0.325. The Kier molecular flexibility index (Phi) is 8.03. The average Bonchev–Trinajstić information content (AvgIpc) is 3.16. The summed E-state index contributed by atoms with van der Waals surface area (Å²) in [5.41, 5.74) is 0.771. The number of aliphatic hydroxyl groups excluding tert-OH is 1. The summed E-state index contributed by atoms with van der Waals surface area (Å²) >= 11 is 6.28. The number of amides is 1. The highest BCUT2D eigenvalue weighted by molar-refractivity contribution is 6.46. The minimum absolute atomic E-state index is 0.0465. The third-order valence-electron chi connectivity index (χ3n) is 6.45. The third kappa shape index (κ3) is 4.86. The summed E-state index contributed by atoms with van der Waals surface area (Å²) in [5.74, 6) is -0.564. The number of hydrogen-bond acceptors (Lipinski definition) is 8. The molecule has 1 N–H and O–H groups in total. The molecule has 0 radical (unpaired) electrons. The molecular formula is C26H29ClN2O7. The van der Waals surface area contributed by atoms with E-state index in [1.165, 1.54) is 32.3 Å². The minimum Gasteiger partial charge on any atom is -0.507 e. The van der Waals surface area contributed by atoms with Crippen LogP contribution in [-0.2, 0) is 14.3 Å². The average molecular weight is 517 g/mol. The van der Waals surface area contributed by atoms with Crippen molar-refractivity contribution in [2.24, 2.45) is 0 Å². The van der Waals surface area contributed by atoms with E-state index in [0.717, 1.165) is 13.1 Å². The molecule has 2 aromatic carbocycles. The topological polar surface area (TPSA) is 97.8 Å². The fourth-order valence-electron chi connectivity index (χ4n) is 4.60. The Morgan fingerprint density at radius 2 is 1.75 bits per heavy atom. The van der Waals surface area contributed by atoms with Gasteiger partial charge in [-0.05, 0) is 24.3 Å². The summed E-state index contributed by atoms with van der Waals surface area (Å²) in [7, 11) is 4.48. The van der Waals surface area contributed by atoms with Gasteiger partial charge >= 0.3 is 0 Å². The van der Waals surface area contributed by atoms with Gasteiger partial charge in [-0.1, -0.05) is 23.7 Å². The van der Waals surface area contributed by atoms with Gasteiger partial charge in [0.2, 0.25) is 0 Å². The summed E-state index contributed by atoms with van der Waals surface area (Å²) in [6, 6.07) is 9.02. The highest BCUT2D eigenvalue weighted by Gasteiger charge is 2.47. The molecule has 0 aromatic heterocycles. The normalized spacial score (nSPS) is 20.0. The number of nitrogens with zero attached hydrogens (tertiary/aromatic N) is 2. The molecule has 1 atom stereocenters. The van der Waals surface area contributed by atoms with Crippen LogP contribution in [0.15, 0.2) is 42.0 Å². The van der Waals surface area contributed by atoms with Gasteiger partial charge in [0.25, 0.3) is 11.7 Å². The van der Waals surface area contributed by atoms with Crippen LogP contribution >= 0.6 is 11.6 Å². The molecule has 2 aliphatic heterocycles. The van der Waals surface area contributed by atoms with Gasteiger partial charge in [0.15, 0.2) is 11.5 Å². The lowest BCUT2D eigenvalue weighted by molar-refractivity contribution is -0.140. The molecule has 0 unspecified atom stereocenters. The van der Waals surface area contributed by atoms with E-state index in [2.05, 4.69) is 4.90 Å². The van der Waals surface area contributed by atoms with E-state index < -0.39 is 17.7 Å². The van der Waals surface area contributed by atoms with E-state index in [0.29, 0.717) is 48.1 Å². The predicted octanol–water partition coefficient (Wildman–Crippen LogP) is 3.12. The number of rotatable bonds is 8. The zero-order valence-electron chi connectivity index (χ0n) is 20.5. The van der Waals surface area contributed by atoms with E-state index in [1.54, 1.807) is 30.3 Å². The van der Waals surface area contributed by atoms with Crippen LogP contribution in [0.3, 0.4) is 0 Å². The molecule has 0 bridgehead atoms. The van der Waals surface area contributed by atoms with Gasteiger partial charge in [-0.2, -0.15) is 0 Å². The Morgan fingerprint density at radius 3 is 2.39 bits per heavy atom. The number of para-hydroxylation sites is 1. The monoisotopic (exact) mass is 516 g/mol. The van der Waals surface area contributed by atoms with Crippen molar-refractivity contribution >= 4 is 29.1 Å². The van der Waals surface area contributed by atoms with Gasteiger partial charge in [0.05, 0.1) is 51.2 Å². The second kappa shape index (κ2) is 11.2. The van der Waals surface area contributed by atoms with Gasteiger partial charge in [-0.15, -0.1) is 0 Å². The maximum atomic E-state index is 13.4. The molecule has 0 saturated carbocycles. The maximum absolute atomic E-state index is 13.4. The lowest BCUT2D eigenvalue weighted by Crippen LogP contribution is -2.42. The summed E-state index contributed by atoms with van der Waals surface area (Å²) in [6.07, 6.45) is 0. The Morgan fingerprint density at radius 1 is 1.03 bits per heavy atom. The number of ether oxygens (including phenoxy) is 4. The van der Waals surface area contributed by atoms with Crippen LogP contribution in [0.5, 0.6) is 17.2 Å². The van der Waals surface area contributed by atoms with Crippen molar-refractivity contribution in [2.75, 3.05) is 60.7 Å². The molecule has 2 saturated heterocycles. The maximum Gasteiger partial charge on any atom is 0.295 e. The van der Waals surface area contributed by atoms with Crippen LogP contribution in [-0.4, -0.2) is 87.3 Å². The SMILES string of the molecule is COc1ccc(/C(O)=C2\C(=O)C(=O)N(CCN3CCOCC3)[C@H]2c2cccc(OC)c2OC)cc1Cl. The highest BCUT2D eigenvalue weighted by Crippen LogP contribution is 2.45. The van der Waals surface area contributed by atoms with Crippen LogP contribution in [0.1, 0.15) is 17.2 Å².